The van der Waals surface area contributed by atoms with Crippen molar-refractivity contribution in [2.75, 3.05) is 37.7 Å². The highest BCUT2D eigenvalue weighted by Crippen LogP contribution is 2.48. The van der Waals surface area contributed by atoms with E-state index < -0.39 is 5.97 Å². The van der Waals surface area contributed by atoms with Gasteiger partial charge in [-0.3, -0.25) is 4.79 Å². The molecule has 3 aromatic carbocycles. The molecular formula is C32H31ClN4O3. The number of ether oxygens (including phenoxy) is 1. The van der Waals surface area contributed by atoms with Gasteiger partial charge in [-0.15, -0.1) is 0 Å². The number of rotatable bonds is 7. The van der Waals surface area contributed by atoms with Gasteiger partial charge in [0.1, 0.15) is 0 Å². The second-order valence-electron chi connectivity index (χ2n) is 10.2. The van der Waals surface area contributed by atoms with Crippen LogP contribution in [0, 0.1) is 5.92 Å². The Labute approximate surface area is 238 Å². The Hall–Kier alpha value is -4.10. The summed E-state index contributed by atoms with van der Waals surface area (Å²) in [5, 5.41) is 5.06. The van der Waals surface area contributed by atoms with Gasteiger partial charge >= 0.3 is 5.97 Å². The summed E-state index contributed by atoms with van der Waals surface area (Å²) >= 11 is 6.48. The fourth-order valence-corrected chi connectivity index (χ4v) is 5.71. The number of carbonyl (C=O) groups is 2. The number of hydrogen-bond donors (Lipinski definition) is 0. The first kappa shape index (κ1) is 26.1. The Morgan fingerprint density at radius 3 is 2.33 bits per heavy atom. The Kier molecular flexibility index (Phi) is 7.30. The van der Waals surface area contributed by atoms with Crippen LogP contribution in [0.4, 0.5) is 5.69 Å². The molecule has 6 rings (SSSR count). The van der Waals surface area contributed by atoms with E-state index in [4.69, 9.17) is 16.3 Å². The summed E-state index contributed by atoms with van der Waals surface area (Å²) in [5.74, 6) is 0.299. The van der Waals surface area contributed by atoms with Crippen molar-refractivity contribution in [3.05, 3.63) is 101 Å². The van der Waals surface area contributed by atoms with E-state index in [0.29, 0.717) is 16.6 Å². The lowest BCUT2D eigenvalue weighted by atomic mass is 10.1. The van der Waals surface area contributed by atoms with E-state index in [9.17, 15) is 9.59 Å². The molecule has 1 aliphatic heterocycles. The van der Waals surface area contributed by atoms with Crippen molar-refractivity contribution < 1.29 is 14.3 Å². The van der Waals surface area contributed by atoms with Crippen LogP contribution in [0.3, 0.4) is 0 Å². The van der Waals surface area contributed by atoms with Crippen LogP contribution in [-0.4, -0.2) is 59.3 Å². The van der Waals surface area contributed by atoms with Crippen LogP contribution in [0.15, 0.2) is 84.9 Å². The highest BCUT2D eigenvalue weighted by atomic mass is 35.5. The normalized spacial score (nSPS) is 18.4. The number of hydrogen-bond acceptors (Lipinski definition) is 5. The predicted molar refractivity (Wildman–Crippen MR) is 156 cm³/mol. The monoisotopic (exact) mass is 554 g/mol. The Bertz CT molecular complexity index is 1510. The van der Waals surface area contributed by atoms with Gasteiger partial charge in [0.05, 0.1) is 23.0 Å². The molecular weight excluding hydrogens is 524 g/mol. The zero-order valence-electron chi connectivity index (χ0n) is 22.4. The van der Waals surface area contributed by atoms with Gasteiger partial charge in [0.15, 0.2) is 5.69 Å². The van der Waals surface area contributed by atoms with Gasteiger partial charge in [0, 0.05) is 43.3 Å². The summed E-state index contributed by atoms with van der Waals surface area (Å²) in [6, 6.07) is 27.7. The molecule has 0 bridgehead atoms. The van der Waals surface area contributed by atoms with Crippen molar-refractivity contribution in [1.29, 1.82) is 0 Å². The third kappa shape index (κ3) is 5.21. The molecule has 4 aromatic rings. The minimum absolute atomic E-state index is 0.121. The summed E-state index contributed by atoms with van der Waals surface area (Å²) in [7, 11) is 0. The maximum absolute atomic E-state index is 13.1. The van der Waals surface area contributed by atoms with Gasteiger partial charge in [-0.2, -0.15) is 5.10 Å². The molecule has 204 valence electrons. The van der Waals surface area contributed by atoms with Crippen molar-refractivity contribution in [3.8, 4) is 16.9 Å². The number of para-hydroxylation sites is 1. The molecule has 0 unspecified atom stereocenters. The molecule has 2 fully saturated rings. The molecule has 2 heterocycles. The van der Waals surface area contributed by atoms with E-state index in [1.807, 2.05) is 53.4 Å². The van der Waals surface area contributed by atoms with Gasteiger partial charge in [0.25, 0.3) is 0 Å². The van der Waals surface area contributed by atoms with Crippen molar-refractivity contribution in [2.24, 2.45) is 5.92 Å². The first-order valence-corrected chi connectivity index (χ1v) is 14.1. The standard InChI is InChI=1S/C32H31ClN4O3/c1-2-40-32(39)28-21-30(37(34-28)29-11-7-6-10-27(29)33)23-12-14-24(15-13-23)35-16-18-36(19-17-35)31(38)26-20-25(26)22-8-4-3-5-9-22/h3-15,21,25-26H,2,16-20H2,1H3/t25-,26+/m0/s1. The van der Waals surface area contributed by atoms with Crippen LogP contribution in [0.25, 0.3) is 16.9 Å². The van der Waals surface area contributed by atoms with Crippen LogP contribution >= 0.6 is 11.6 Å². The zero-order valence-corrected chi connectivity index (χ0v) is 23.1. The van der Waals surface area contributed by atoms with Gasteiger partial charge in [-0.25, -0.2) is 9.48 Å². The van der Waals surface area contributed by atoms with Crippen LogP contribution in [0.5, 0.6) is 0 Å². The summed E-state index contributed by atoms with van der Waals surface area (Å²) in [6.45, 7) is 5.07. The van der Waals surface area contributed by atoms with Gasteiger partial charge in [-0.1, -0.05) is 66.2 Å². The van der Waals surface area contributed by atoms with Crippen LogP contribution in [-0.2, 0) is 9.53 Å². The number of aromatic nitrogens is 2. The molecule has 0 radical (unpaired) electrons. The molecule has 1 amide bonds. The van der Waals surface area contributed by atoms with Crippen molar-refractivity contribution in [2.45, 2.75) is 19.3 Å². The van der Waals surface area contributed by atoms with Gasteiger partial charge in [-0.05, 0) is 55.2 Å². The van der Waals surface area contributed by atoms with E-state index in [1.165, 1.54) is 5.56 Å². The lowest BCUT2D eigenvalue weighted by Crippen LogP contribution is -2.49. The van der Waals surface area contributed by atoms with Crippen LogP contribution in [0.1, 0.15) is 35.3 Å². The average molecular weight is 555 g/mol. The predicted octanol–water partition coefficient (Wildman–Crippen LogP) is 5.82. The van der Waals surface area contributed by atoms with E-state index in [0.717, 1.165) is 49.5 Å². The average Bonchev–Trinajstić information content (AvgIpc) is 3.68. The highest BCUT2D eigenvalue weighted by Gasteiger charge is 2.46. The largest absolute Gasteiger partial charge is 0.461 e. The molecule has 1 aromatic heterocycles. The summed E-state index contributed by atoms with van der Waals surface area (Å²) in [5.41, 5.74) is 4.93. The number of amides is 1. The first-order chi connectivity index (χ1) is 19.5. The van der Waals surface area contributed by atoms with E-state index in [-0.39, 0.29) is 24.1 Å². The molecule has 1 saturated heterocycles. The third-order valence-electron chi connectivity index (χ3n) is 7.73. The highest BCUT2D eigenvalue weighted by molar-refractivity contribution is 6.32. The molecule has 7 nitrogen and oxygen atoms in total. The zero-order chi connectivity index (χ0) is 27.6. The third-order valence-corrected chi connectivity index (χ3v) is 8.05. The van der Waals surface area contributed by atoms with Crippen molar-refractivity contribution >= 4 is 29.2 Å². The minimum atomic E-state index is -0.472. The van der Waals surface area contributed by atoms with Gasteiger partial charge in [0.2, 0.25) is 5.91 Å². The smallest absolute Gasteiger partial charge is 0.358 e. The van der Waals surface area contributed by atoms with Gasteiger partial charge < -0.3 is 14.5 Å². The van der Waals surface area contributed by atoms with Crippen molar-refractivity contribution in [3.63, 3.8) is 0 Å². The van der Waals surface area contributed by atoms with E-state index in [1.54, 1.807) is 23.7 Å². The number of carbonyl (C=O) groups excluding carboxylic acids is 2. The fourth-order valence-electron chi connectivity index (χ4n) is 5.50. The SMILES string of the molecule is CCOC(=O)c1cc(-c2ccc(N3CCN(C(=O)[C@@H]4C[C@H]4c4ccccc4)CC3)cc2)n(-c2ccccc2Cl)n1. The number of nitrogens with zero attached hydrogens (tertiary/aromatic N) is 4. The van der Waals surface area contributed by atoms with Crippen LogP contribution in [0.2, 0.25) is 5.02 Å². The number of benzene rings is 3. The fraction of sp³-hybridized carbons (Fsp3) is 0.281. The maximum atomic E-state index is 13.1. The second kappa shape index (κ2) is 11.2. The lowest BCUT2D eigenvalue weighted by Gasteiger charge is -2.36. The molecule has 2 aliphatic rings. The van der Waals surface area contributed by atoms with Crippen molar-refractivity contribution in [1.82, 2.24) is 14.7 Å². The Morgan fingerprint density at radius 1 is 0.925 bits per heavy atom. The second-order valence-corrected chi connectivity index (χ2v) is 10.6. The Morgan fingerprint density at radius 2 is 1.62 bits per heavy atom. The minimum Gasteiger partial charge on any atom is -0.461 e. The number of halogens is 1. The topological polar surface area (TPSA) is 67.7 Å². The summed E-state index contributed by atoms with van der Waals surface area (Å²) in [6.07, 6.45) is 0.952. The lowest BCUT2D eigenvalue weighted by molar-refractivity contribution is -0.133. The van der Waals surface area contributed by atoms with Crippen LogP contribution < -0.4 is 4.90 Å². The van der Waals surface area contributed by atoms with E-state index >= 15 is 0 Å². The number of piperazine rings is 1. The quantitative estimate of drug-likeness (QED) is 0.269. The molecule has 1 aliphatic carbocycles. The Balaban J connectivity index is 1.15. The molecule has 0 N–H and O–H groups in total. The molecule has 8 heteroatoms. The molecule has 40 heavy (non-hydrogen) atoms. The summed E-state index contributed by atoms with van der Waals surface area (Å²) < 4.78 is 6.88. The molecule has 1 saturated carbocycles. The summed E-state index contributed by atoms with van der Waals surface area (Å²) in [4.78, 5) is 29.9. The first-order valence-electron chi connectivity index (χ1n) is 13.7. The maximum Gasteiger partial charge on any atom is 0.358 e. The number of esters is 1. The van der Waals surface area contributed by atoms with E-state index in [2.05, 4.69) is 34.3 Å². The molecule has 0 spiro atoms. The molecule has 2 atom stereocenters. The number of anilines is 1.